The summed E-state index contributed by atoms with van der Waals surface area (Å²) >= 11 is 0. The van der Waals surface area contributed by atoms with Crippen LogP contribution in [0.3, 0.4) is 0 Å². The standard InChI is InChI=1S/C12H13N/c1-3-8-12(13-4-2)11-9-6-5-7-10-11/h3-10H,2H2,1H3/b8-3-,13-12+. The quantitative estimate of drug-likeness (QED) is 0.619. The molecule has 1 aromatic carbocycles. The molecule has 0 bridgehead atoms. The molecular formula is C12H13N. The zero-order chi connectivity index (χ0) is 9.52. The maximum absolute atomic E-state index is 4.18. The third kappa shape index (κ3) is 2.71. The number of hydrogen-bond donors (Lipinski definition) is 0. The zero-order valence-electron chi connectivity index (χ0n) is 7.77. The summed E-state index contributed by atoms with van der Waals surface area (Å²) in [5.41, 5.74) is 2.05. The molecule has 1 aromatic rings. The SMILES string of the molecule is C=C/N=C(\C=C/C)c1ccccc1. The Bertz CT molecular complexity index is 320. The lowest BCUT2D eigenvalue weighted by atomic mass is 10.1. The number of hydrogen-bond acceptors (Lipinski definition) is 1. The Balaban J connectivity index is 3.03. The molecule has 0 amide bonds. The smallest absolute Gasteiger partial charge is 0.0698 e. The Morgan fingerprint density at radius 2 is 2.00 bits per heavy atom. The minimum absolute atomic E-state index is 0.943. The molecule has 0 spiro atoms. The number of benzene rings is 1. The molecule has 0 heterocycles. The first-order valence-electron chi connectivity index (χ1n) is 4.25. The van der Waals surface area contributed by atoms with Gasteiger partial charge in [0.25, 0.3) is 0 Å². The maximum Gasteiger partial charge on any atom is 0.0698 e. The predicted octanol–water partition coefficient (Wildman–Crippen LogP) is 3.20. The molecule has 1 heteroatoms. The van der Waals surface area contributed by atoms with Gasteiger partial charge in [-0.1, -0.05) is 43.0 Å². The van der Waals surface area contributed by atoms with E-state index in [9.17, 15) is 0 Å². The van der Waals surface area contributed by atoms with Crippen LogP contribution in [-0.4, -0.2) is 5.71 Å². The highest BCUT2D eigenvalue weighted by molar-refractivity contribution is 6.08. The third-order valence-corrected chi connectivity index (χ3v) is 1.62. The van der Waals surface area contributed by atoms with Crippen LogP contribution in [-0.2, 0) is 0 Å². The predicted molar refractivity (Wildman–Crippen MR) is 58.0 cm³/mol. The molecule has 0 unspecified atom stereocenters. The van der Waals surface area contributed by atoms with Gasteiger partial charge >= 0.3 is 0 Å². The van der Waals surface area contributed by atoms with Crippen molar-refractivity contribution in [2.24, 2.45) is 4.99 Å². The molecule has 0 aromatic heterocycles. The van der Waals surface area contributed by atoms with E-state index in [1.165, 1.54) is 0 Å². The van der Waals surface area contributed by atoms with Gasteiger partial charge in [0.05, 0.1) is 5.71 Å². The molecule has 0 saturated heterocycles. The fourth-order valence-electron chi connectivity index (χ4n) is 1.08. The molecule has 66 valence electrons. The monoisotopic (exact) mass is 171 g/mol. The average molecular weight is 171 g/mol. The van der Waals surface area contributed by atoms with Gasteiger partial charge in [-0.05, 0) is 13.0 Å². The Morgan fingerprint density at radius 3 is 2.54 bits per heavy atom. The van der Waals surface area contributed by atoms with E-state index in [0.29, 0.717) is 0 Å². The fraction of sp³-hybridized carbons (Fsp3) is 0.0833. The van der Waals surface area contributed by atoms with Gasteiger partial charge in [-0.15, -0.1) is 0 Å². The Hall–Kier alpha value is -1.63. The number of rotatable bonds is 3. The van der Waals surface area contributed by atoms with Crippen LogP contribution >= 0.6 is 0 Å². The molecule has 1 rings (SSSR count). The van der Waals surface area contributed by atoms with Gasteiger partial charge in [0.1, 0.15) is 0 Å². The highest BCUT2D eigenvalue weighted by atomic mass is 14.7. The lowest BCUT2D eigenvalue weighted by molar-refractivity contribution is 1.54. The third-order valence-electron chi connectivity index (χ3n) is 1.62. The second-order valence-corrected chi connectivity index (χ2v) is 2.56. The summed E-state index contributed by atoms with van der Waals surface area (Å²) < 4.78 is 0. The van der Waals surface area contributed by atoms with Crippen molar-refractivity contribution < 1.29 is 0 Å². The molecule has 0 aliphatic rings. The van der Waals surface area contributed by atoms with E-state index in [4.69, 9.17) is 0 Å². The van der Waals surface area contributed by atoms with Crippen LogP contribution < -0.4 is 0 Å². The fourth-order valence-corrected chi connectivity index (χ4v) is 1.08. The van der Waals surface area contributed by atoms with Gasteiger partial charge in [-0.2, -0.15) is 0 Å². The van der Waals surface area contributed by atoms with Crippen molar-refractivity contribution >= 4 is 5.71 Å². The van der Waals surface area contributed by atoms with Crippen LogP contribution in [0.2, 0.25) is 0 Å². The molecule has 0 fully saturated rings. The van der Waals surface area contributed by atoms with Gasteiger partial charge in [0.15, 0.2) is 0 Å². The summed E-state index contributed by atoms with van der Waals surface area (Å²) in [5, 5.41) is 0. The average Bonchev–Trinajstić information content (AvgIpc) is 2.19. The number of aliphatic imine (C=N–C) groups is 1. The van der Waals surface area contributed by atoms with Crippen molar-refractivity contribution in [1.82, 2.24) is 0 Å². The van der Waals surface area contributed by atoms with E-state index >= 15 is 0 Å². The topological polar surface area (TPSA) is 12.4 Å². The molecule has 0 aliphatic carbocycles. The van der Waals surface area contributed by atoms with Crippen molar-refractivity contribution in [3.63, 3.8) is 0 Å². The van der Waals surface area contributed by atoms with E-state index in [1.54, 1.807) is 6.20 Å². The largest absolute Gasteiger partial charge is 0.257 e. The van der Waals surface area contributed by atoms with E-state index < -0.39 is 0 Å². The lowest BCUT2D eigenvalue weighted by Gasteiger charge is -1.98. The van der Waals surface area contributed by atoms with Crippen molar-refractivity contribution in [3.05, 3.63) is 60.8 Å². The number of nitrogens with zero attached hydrogens (tertiary/aromatic N) is 1. The van der Waals surface area contributed by atoms with Crippen LogP contribution in [0.1, 0.15) is 12.5 Å². The van der Waals surface area contributed by atoms with E-state index in [-0.39, 0.29) is 0 Å². The van der Waals surface area contributed by atoms with Gasteiger partial charge < -0.3 is 0 Å². The zero-order valence-corrected chi connectivity index (χ0v) is 7.77. The molecule has 1 nitrogen and oxygen atoms in total. The Labute approximate surface area is 79.1 Å². The molecule has 0 N–H and O–H groups in total. The molecule has 0 saturated carbocycles. The highest BCUT2D eigenvalue weighted by Gasteiger charge is 1.95. The first kappa shape index (κ1) is 9.46. The molecule has 0 aliphatic heterocycles. The Morgan fingerprint density at radius 1 is 1.31 bits per heavy atom. The van der Waals surface area contributed by atoms with Crippen molar-refractivity contribution in [2.75, 3.05) is 0 Å². The molecule has 13 heavy (non-hydrogen) atoms. The van der Waals surface area contributed by atoms with Crippen molar-refractivity contribution in [1.29, 1.82) is 0 Å². The number of allylic oxidation sites excluding steroid dienone is 2. The Kier molecular flexibility index (Phi) is 3.71. The second kappa shape index (κ2) is 5.09. The molecule has 0 radical (unpaired) electrons. The van der Waals surface area contributed by atoms with E-state index in [0.717, 1.165) is 11.3 Å². The minimum Gasteiger partial charge on any atom is -0.257 e. The first-order chi connectivity index (χ1) is 6.38. The van der Waals surface area contributed by atoms with Gasteiger partial charge in [0, 0.05) is 11.8 Å². The van der Waals surface area contributed by atoms with Crippen LogP contribution in [0, 0.1) is 0 Å². The minimum atomic E-state index is 0.943. The lowest BCUT2D eigenvalue weighted by Crippen LogP contribution is -1.94. The van der Waals surface area contributed by atoms with Gasteiger partial charge in [-0.3, -0.25) is 4.99 Å². The summed E-state index contributed by atoms with van der Waals surface area (Å²) in [4.78, 5) is 4.18. The summed E-state index contributed by atoms with van der Waals surface area (Å²) in [6, 6.07) is 10.0. The van der Waals surface area contributed by atoms with Crippen LogP contribution in [0.4, 0.5) is 0 Å². The van der Waals surface area contributed by atoms with Crippen molar-refractivity contribution in [3.8, 4) is 0 Å². The molecule has 0 atom stereocenters. The highest BCUT2D eigenvalue weighted by Crippen LogP contribution is 2.02. The summed E-state index contributed by atoms with van der Waals surface area (Å²) in [6.45, 7) is 5.56. The van der Waals surface area contributed by atoms with Crippen molar-refractivity contribution in [2.45, 2.75) is 6.92 Å². The second-order valence-electron chi connectivity index (χ2n) is 2.56. The normalized spacial score (nSPS) is 11.9. The van der Waals surface area contributed by atoms with Gasteiger partial charge in [-0.25, -0.2) is 0 Å². The summed E-state index contributed by atoms with van der Waals surface area (Å²) in [7, 11) is 0. The first-order valence-corrected chi connectivity index (χ1v) is 4.25. The van der Waals surface area contributed by atoms with E-state index in [2.05, 4.69) is 11.6 Å². The van der Waals surface area contributed by atoms with Crippen LogP contribution in [0.5, 0.6) is 0 Å². The summed E-state index contributed by atoms with van der Waals surface area (Å²) in [6.07, 6.45) is 5.49. The van der Waals surface area contributed by atoms with Crippen LogP contribution in [0.15, 0.2) is 60.3 Å². The van der Waals surface area contributed by atoms with E-state index in [1.807, 2.05) is 49.4 Å². The maximum atomic E-state index is 4.18. The summed E-state index contributed by atoms with van der Waals surface area (Å²) in [5.74, 6) is 0. The van der Waals surface area contributed by atoms with Gasteiger partial charge in [0.2, 0.25) is 0 Å². The van der Waals surface area contributed by atoms with Crippen LogP contribution in [0.25, 0.3) is 0 Å². The molecular weight excluding hydrogens is 158 g/mol.